The van der Waals surface area contributed by atoms with Gasteiger partial charge in [-0.3, -0.25) is 4.79 Å². The van der Waals surface area contributed by atoms with Crippen LogP contribution in [0.2, 0.25) is 0 Å². The normalized spacial score (nSPS) is 12.1. The molecule has 168 valence electrons. The van der Waals surface area contributed by atoms with Gasteiger partial charge in [-0.1, -0.05) is 18.2 Å². The molecule has 0 aliphatic rings. The van der Waals surface area contributed by atoms with Gasteiger partial charge < -0.3 is 13.7 Å². The van der Waals surface area contributed by atoms with Gasteiger partial charge in [0.15, 0.2) is 0 Å². The van der Waals surface area contributed by atoms with Gasteiger partial charge >= 0.3 is 5.97 Å². The van der Waals surface area contributed by atoms with Crippen molar-refractivity contribution in [1.29, 1.82) is 0 Å². The molecule has 9 heteroatoms. The van der Waals surface area contributed by atoms with E-state index in [9.17, 15) is 13.2 Å². The third-order valence-electron chi connectivity index (χ3n) is 5.30. The first-order chi connectivity index (χ1) is 15.3. The fraction of sp³-hybridized carbons (Fsp3) is 0.304. The first kappa shape index (κ1) is 22.0. The van der Waals surface area contributed by atoms with Gasteiger partial charge in [0.05, 0.1) is 22.3 Å². The Morgan fingerprint density at radius 3 is 2.66 bits per heavy atom. The first-order valence-electron chi connectivity index (χ1n) is 10.3. The zero-order valence-corrected chi connectivity index (χ0v) is 19.1. The first-order valence-corrected chi connectivity index (χ1v) is 11.8. The van der Waals surface area contributed by atoms with Crippen LogP contribution in [0.1, 0.15) is 24.9 Å². The third kappa shape index (κ3) is 4.26. The highest BCUT2D eigenvalue weighted by molar-refractivity contribution is 7.89. The number of furan rings is 1. The Balaban J connectivity index is 1.45. The minimum atomic E-state index is -3.55. The minimum Gasteiger partial charge on any atom is -0.457 e. The molecule has 0 saturated heterocycles. The fourth-order valence-corrected chi connectivity index (χ4v) is 4.54. The number of para-hydroxylation sites is 1. The van der Waals surface area contributed by atoms with E-state index in [4.69, 9.17) is 9.15 Å². The summed E-state index contributed by atoms with van der Waals surface area (Å²) in [5.41, 5.74) is 2.17. The number of benzene rings is 2. The molecular formula is C23H25N3O5S. The lowest BCUT2D eigenvalue weighted by molar-refractivity contribution is -0.145. The number of aryl methyl sites for hydroxylation is 2. The van der Waals surface area contributed by atoms with Crippen LogP contribution in [0, 0.1) is 0 Å². The number of aromatic nitrogens is 2. The van der Waals surface area contributed by atoms with Crippen LogP contribution in [0.3, 0.4) is 0 Å². The maximum absolute atomic E-state index is 12.4. The summed E-state index contributed by atoms with van der Waals surface area (Å²) in [4.78, 5) is 17.1. The van der Waals surface area contributed by atoms with Gasteiger partial charge in [-0.25, -0.2) is 17.7 Å². The zero-order valence-electron chi connectivity index (χ0n) is 18.2. The van der Waals surface area contributed by atoms with Crippen LogP contribution >= 0.6 is 0 Å². The highest BCUT2D eigenvalue weighted by Gasteiger charge is 2.20. The van der Waals surface area contributed by atoms with Gasteiger partial charge in [-0.2, -0.15) is 0 Å². The second-order valence-corrected chi connectivity index (χ2v) is 9.77. The lowest BCUT2D eigenvalue weighted by atomic mass is 10.2. The second kappa shape index (κ2) is 8.76. The summed E-state index contributed by atoms with van der Waals surface area (Å²) in [6.45, 7) is 2.71. The topological polar surface area (TPSA) is 94.6 Å². The van der Waals surface area contributed by atoms with Gasteiger partial charge in [0.2, 0.25) is 10.0 Å². The Bertz CT molecular complexity index is 1350. The van der Waals surface area contributed by atoms with Crippen molar-refractivity contribution in [2.75, 3.05) is 14.1 Å². The molecule has 4 aromatic rings. The molecule has 0 atom stereocenters. The van der Waals surface area contributed by atoms with Gasteiger partial charge in [-0.15, -0.1) is 0 Å². The van der Waals surface area contributed by atoms with E-state index >= 15 is 0 Å². The number of hydrogen-bond acceptors (Lipinski definition) is 6. The number of esters is 1. The van der Waals surface area contributed by atoms with Crippen LogP contribution < -0.4 is 0 Å². The maximum atomic E-state index is 12.4. The standard InChI is InChI=1S/C23H25N3O5S/c1-4-26-20-10-9-18(32(28,29)25(2)3)14-19(20)24-22(26)11-12-23(27)30-15-17-13-16-7-5-6-8-21(16)31-17/h5-10,13-14H,4,11-12,15H2,1-3H3. The summed E-state index contributed by atoms with van der Waals surface area (Å²) in [7, 11) is -0.562. The van der Waals surface area contributed by atoms with Crippen molar-refractivity contribution in [3.63, 3.8) is 0 Å². The molecular weight excluding hydrogens is 430 g/mol. The lowest BCUT2D eigenvalue weighted by Crippen LogP contribution is -2.22. The van der Waals surface area contributed by atoms with E-state index in [2.05, 4.69) is 4.98 Å². The number of rotatable bonds is 8. The van der Waals surface area contributed by atoms with E-state index in [-0.39, 0.29) is 23.9 Å². The van der Waals surface area contributed by atoms with Crippen LogP contribution in [0.15, 0.2) is 57.8 Å². The molecule has 0 fully saturated rings. The van der Waals surface area contributed by atoms with Crippen LogP contribution in [-0.4, -0.2) is 42.3 Å². The number of sulfonamides is 1. The van der Waals surface area contributed by atoms with Gasteiger partial charge in [0.1, 0.15) is 23.8 Å². The maximum Gasteiger partial charge on any atom is 0.306 e. The monoisotopic (exact) mass is 455 g/mol. The average molecular weight is 456 g/mol. The van der Waals surface area contributed by atoms with Crippen molar-refractivity contribution in [1.82, 2.24) is 13.9 Å². The number of nitrogens with zero attached hydrogens (tertiary/aromatic N) is 3. The molecule has 0 radical (unpaired) electrons. The van der Waals surface area contributed by atoms with Crippen LogP contribution in [-0.2, 0) is 39.1 Å². The predicted molar refractivity (Wildman–Crippen MR) is 121 cm³/mol. The number of carbonyl (C=O) groups is 1. The van der Waals surface area contributed by atoms with E-state index < -0.39 is 10.0 Å². The summed E-state index contributed by atoms with van der Waals surface area (Å²) in [6.07, 6.45) is 0.545. The van der Waals surface area contributed by atoms with Crippen molar-refractivity contribution in [3.8, 4) is 0 Å². The molecule has 0 N–H and O–H groups in total. The number of fused-ring (bicyclic) bond motifs is 2. The Labute approximate surface area is 186 Å². The number of imidazole rings is 1. The quantitative estimate of drug-likeness (QED) is 0.376. The molecule has 2 aromatic carbocycles. The van der Waals surface area contributed by atoms with Crippen LogP contribution in [0.4, 0.5) is 0 Å². The summed E-state index contributed by atoms with van der Waals surface area (Å²) in [5, 5.41) is 0.964. The van der Waals surface area contributed by atoms with Crippen molar-refractivity contribution in [3.05, 3.63) is 60.1 Å². The van der Waals surface area contributed by atoms with Gasteiger partial charge in [0, 0.05) is 32.4 Å². The van der Waals surface area contributed by atoms with Crippen molar-refractivity contribution < 1.29 is 22.4 Å². The molecule has 0 unspecified atom stereocenters. The molecule has 4 rings (SSSR count). The third-order valence-corrected chi connectivity index (χ3v) is 7.11. The molecule has 0 aliphatic carbocycles. The molecule has 2 heterocycles. The van der Waals surface area contributed by atoms with Gasteiger partial charge in [-0.05, 0) is 37.3 Å². The van der Waals surface area contributed by atoms with Gasteiger partial charge in [0.25, 0.3) is 0 Å². The Kier molecular flexibility index (Phi) is 6.03. The molecule has 0 amide bonds. The fourth-order valence-electron chi connectivity index (χ4n) is 3.62. The highest BCUT2D eigenvalue weighted by atomic mass is 32.2. The summed E-state index contributed by atoms with van der Waals surface area (Å²) in [5.74, 6) is 0.952. The second-order valence-electron chi connectivity index (χ2n) is 7.62. The van der Waals surface area contributed by atoms with Crippen LogP contribution in [0.25, 0.3) is 22.0 Å². The largest absolute Gasteiger partial charge is 0.457 e. The Morgan fingerprint density at radius 2 is 1.94 bits per heavy atom. The number of ether oxygens (including phenoxy) is 1. The summed E-state index contributed by atoms with van der Waals surface area (Å²) < 4.78 is 39.0. The zero-order chi connectivity index (χ0) is 22.9. The molecule has 0 spiro atoms. The molecule has 0 saturated carbocycles. The predicted octanol–water partition coefficient (Wildman–Crippen LogP) is 3.73. The average Bonchev–Trinajstić information content (AvgIpc) is 3.35. The van der Waals surface area contributed by atoms with E-state index in [0.717, 1.165) is 16.5 Å². The van der Waals surface area contributed by atoms with Crippen LogP contribution in [0.5, 0.6) is 0 Å². The Hall–Kier alpha value is -3.17. The number of hydrogen-bond donors (Lipinski definition) is 0. The van der Waals surface area contributed by atoms with Crippen molar-refractivity contribution in [2.24, 2.45) is 0 Å². The Morgan fingerprint density at radius 1 is 1.16 bits per heavy atom. The molecule has 0 aliphatic heterocycles. The van der Waals surface area contributed by atoms with Crippen molar-refractivity contribution in [2.45, 2.75) is 37.8 Å². The minimum absolute atomic E-state index is 0.0729. The highest BCUT2D eigenvalue weighted by Crippen LogP contribution is 2.23. The lowest BCUT2D eigenvalue weighted by Gasteiger charge is -2.11. The molecule has 0 bridgehead atoms. The summed E-state index contributed by atoms with van der Waals surface area (Å²) in [6, 6.07) is 14.4. The van der Waals surface area contributed by atoms with E-state index in [1.807, 2.05) is 41.8 Å². The number of carbonyl (C=O) groups excluding carboxylic acids is 1. The molecule has 2 aromatic heterocycles. The van der Waals surface area contributed by atoms with E-state index in [0.29, 0.717) is 30.1 Å². The summed E-state index contributed by atoms with van der Waals surface area (Å²) >= 11 is 0. The van der Waals surface area contributed by atoms with Crippen molar-refractivity contribution >= 4 is 38.0 Å². The van der Waals surface area contributed by atoms with E-state index in [1.165, 1.54) is 18.4 Å². The van der Waals surface area contributed by atoms with E-state index in [1.54, 1.807) is 18.2 Å². The SMILES string of the molecule is CCn1c(CCC(=O)OCc2cc3ccccc3o2)nc2cc(S(=O)(=O)N(C)C)ccc21. The molecule has 8 nitrogen and oxygen atoms in total. The smallest absolute Gasteiger partial charge is 0.306 e. The molecule has 32 heavy (non-hydrogen) atoms.